The van der Waals surface area contributed by atoms with E-state index in [1.54, 1.807) is 13.8 Å². The van der Waals surface area contributed by atoms with Crippen LogP contribution in [0, 0.1) is 88.3 Å². The van der Waals surface area contributed by atoms with Gasteiger partial charge in [0.05, 0.1) is 12.2 Å². The molecule has 2 N–H and O–H groups in total. The van der Waals surface area contributed by atoms with Crippen LogP contribution in [-0.2, 0) is 4.79 Å². The van der Waals surface area contributed by atoms with E-state index in [0.29, 0.717) is 59.0 Å². The first kappa shape index (κ1) is 29.8. The third kappa shape index (κ3) is 5.83. The van der Waals surface area contributed by atoms with Gasteiger partial charge in [-0.3, -0.25) is 0 Å². The average molecular weight is 507 g/mol. The molecular formula is C34H50O3. The SMILES string of the molecule is C#CC#CC#CC.CC[C@H]1[C@H](O)C2C3CC[C@H]([C@H](C)CCC(C)=O)[C@@]3(C)CCC2[C@@]2(C)CC[C@@H](O)C[C@@H]12. The third-order valence-corrected chi connectivity index (χ3v) is 11.4. The van der Waals surface area contributed by atoms with Gasteiger partial charge in [0.2, 0.25) is 0 Å². The lowest BCUT2D eigenvalue weighted by Gasteiger charge is -2.64. The van der Waals surface area contributed by atoms with Crippen LogP contribution in [-0.4, -0.2) is 28.2 Å². The van der Waals surface area contributed by atoms with E-state index in [1.807, 2.05) is 0 Å². The third-order valence-electron chi connectivity index (χ3n) is 11.4. The Morgan fingerprint density at radius 3 is 2.30 bits per heavy atom. The Balaban J connectivity index is 0.000000479. The van der Waals surface area contributed by atoms with Crippen LogP contribution in [0.2, 0.25) is 0 Å². The van der Waals surface area contributed by atoms with Crippen LogP contribution in [0.3, 0.4) is 0 Å². The maximum absolute atomic E-state index is 11.7. The topological polar surface area (TPSA) is 57.5 Å². The molecule has 4 aliphatic carbocycles. The van der Waals surface area contributed by atoms with E-state index in [1.165, 1.54) is 25.7 Å². The molecular weight excluding hydrogens is 456 g/mol. The number of aliphatic hydroxyl groups excluding tert-OH is 2. The Hall–Kier alpha value is -1.73. The van der Waals surface area contributed by atoms with Gasteiger partial charge in [0.15, 0.2) is 0 Å². The molecule has 0 aliphatic heterocycles. The first-order valence-electron chi connectivity index (χ1n) is 14.8. The number of hydrogen-bond acceptors (Lipinski definition) is 3. The van der Waals surface area contributed by atoms with Crippen molar-refractivity contribution in [3.8, 4) is 36.0 Å². The van der Waals surface area contributed by atoms with Crippen LogP contribution < -0.4 is 0 Å². The summed E-state index contributed by atoms with van der Waals surface area (Å²) in [6.07, 6.45) is 15.2. The van der Waals surface area contributed by atoms with E-state index in [0.717, 1.165) is 32.1 Å². The van der Waals surface area contributed by atoms with Crippen LogP contribution >= 0.6 is 0 Å². The Morgan fingerprint density at radius 1 is 1.00 bits per heavy atom. The molecule has 3 nitrogen and oxygen atoms in total. The van der Waals surface area contributed by atoms with Gasteiger partial charge in [-0.05, 0) is 141 Å². The summed E-state index contributed by atoms with van der Waals surface area (Å²) >= 11 is 0. The van der Waals surface area contributed by atoms with E-state index in [4.69, 9.17) is 6.42 Å². The molecule has 204 valence electrons. The molecule has 0 spiro atoms. The van der Waals surface area contributed by atoms with Crippen molar-refractivity contribution in [2.45, 2.75) is 118 Å². The molecule has 4 aliphatic rings. The summed E-state index contributed by atoms with van der Waals surface area (Å²) in [6.45, 7) is 13.1. The predicted octanol–water partition coefficient (Wildman–Crippen LogP) is 6.26. The van der Waals surface area contributed by atoms with Gasteiger partial charge in [-0.15, -0.1) is 6.42 Å². The van der Waals surface area contributed by atoms with Crippen molar-refractivity contribution in [2.24, 2.45) is 52.3 Å². The molecule has 4 saturated carbocycles. The van der Waals surface area contributed by atoms with Crippen molar-refractivity contribution >= 4 is 5.78 Å². The second-order valence-electron chi connectivity index (χ2n) is 13.1. The highest BCUT2D eigenvalue weighted by Gasteiger charge is 2.64. The minimum Gasteiger partial charge on any atom is -0.393 e. The van der Waals surface area contributed by atoms with Gasteiger partial charge in [-0.25, -0.2) is 0 Å². The van der Waals surface area contributed by atoms with Gasteiger partial charge in [0, 0.05) is 6.42 Å². The van der Waals surface area contributed by atoms with E-state index in [-0.39, 0.29) is 17.6 Å². The van der Waals surface area contributed by atoms with E-state index >= 15 is 0 Å². The molecule has 0 heterocycles. The summed E-state index contributed by atoms with van der Waals surface area (Å²) in [5.74, 6) is 16.1. The summed E-state index contributed by atoms with van der Waals surface area (Å²) in [7, 11) is 0. The lowest BCUT2D eigenvalue weighted by Crippen LogP contribution is -2.62. The molecule has 0 bridgehead atoms. The van der Waals surface area contributed by atoms with E-state index in [2.05, 4.69) is 57.3 Å². The van der Waals surface area contributed by atoms with Crippen LogP contribution in [0.4, 0.5) is 0 Å². The zero-order valence-electron chi connectivity index (χ0n) is 24.1. The molecule has 3 heteroatoms. The molecule has 37 heavy (non-hydrogen) atoms. The minimum absolute atomic E-state index is 0.173. The highest BCUT2D eigenvalue weighted by atomic mass is 16.3. The number of ketones is 1. The largest absolute Gasteiger partial charge is 0.393 e. The highest BCUT2D eigenvalue weighted by Crippen LogP contribution is 2.69. The Kier molecular flexibility index (Phi) is 10.0. The summed E-state index contributed by atoms with van der Waals surface area (Å²) in [5, 5.41) is 22.2. The average Bonchev–Trinajstić information content (AvgIpc) is 3.22. The lowest BCUT2D eigenvalue weighted by atomic mass is 9.41. The Morgan fingerprint density at radius 2 is 1.68 bits per heavy atom. The number of Topliss-reactive ketones (excluding diaryl/α,β-unsaturated/α-hetero) is 1. The molecule has 4 rings (SSSR count). The van der Waals surface area contributed by atoms with Crippen LogP contribution in [0.25, 0.3) is 0 Å². The Labute approximate surface area is 227 Å². The number of terminal acetylenes is 1. The quantitative estimate of drug-likeness (QED) is 0.433. The van der Waals surface area contributed by atoms with Gasteiger partial charge in [-0.2, -0.15) is 0 Å². The van der Waals surface area contributed by atoms with Crippen molar-refractivity contribution in [3.63, 3.8) is 0 Å². The van der Waals surface area contributed by atoms with E-state index in [9.17, 15) is 15.0 Å². The molecule has 4 fully saturated rings. The minimum atomic E-state index is -0.209. The van der Waals surface area contributed by atoms with E-state index < -0.39 is 0 Å². The van der Waals surface area contributed by atoms with Crippen molar-refractivity contribution in [2.75, 3.05) is 0 Å². The van der Waals surface area contributed by atoms with Gasteiger partial charge >= 0.3 is 0 Å². The second kappa shape index (κ2) is 12.4. The predicted molar refractivity (Wildman–Crippen MR) is 151 cm³/mol. The monoisotopic (exact) mass is 506 g/mol. The molecule has 0 aromatic heterocycles. The summed E-state index contributed by atoms with van der Waals surface area (Å²) in [5.41, 5.74) is 0.595. The van der Waals surface area contributed by atoms with Crippen molar-refractivity contribution < 1.29 is 15.0 Å². The summed E-state index contributed by atoms with van der Waals surface area (Å²) in [6, 6.07) is 0. The highest BCUT2D eigenvalue weighted by molar-refractivity contribution is 5.75. The number of carbonyl (C=O) groups excluding carboxylic acids is 1. The maximum atomic E-state index is 11.7. The number of rotatable bonds is 5. The van der Waals surface area contributed by atoms with Crippen LogP contribution in [0.15, 0.2) is 0 Å². The number of fused-ring (bicyclic) bond motifs is 5. The number of carbonyl (C=O) groups is 1. The summed E-state index contributed by atoms with van der Waals surface area (Å²) < 4.78 is 0. The number of aliphatic hydroxyl groups is 2. The first-order valence-corrected chi connectivity index (χ1v) is 14.8. The fourth-order valence-corrected chi connectivity index (χ4v) is 9.69. The molecule has 0 radical (unpaired) electrons. The fraction of sp³-hybridized carbons (Fsp3) is 0.794. The standard InChI is InChI=1S/C27H46O3.C7H4/c1-6-19-23-15-18(29)11-13-27(23,5)22-12-14-26(4)20(16(2)7-8-17(3)28)9-10-21(26)24(22)25(19)30;1-3-5-7-6-4-2/h16,18-25,29-30H,6-15H2,1-5H3;1H,2H3/t16-,18-,19-,20-,21?,22?,23+,24?,25+,26-,27-;/m1./s1. The van der Waals surface area contributed by atoms with Crippen molar-refractivity contribution in [3.05, 3.63) is 0 Å². The van der Waals surface area contributed by atoms with Crippen molar-refractivity contribution in [1.82, 2.24) is 0 Å². The van der Waals surface area contributed by atoms with Crippen molar-refractivity contribution in [1.29, 1.82) is 0 Å². The first-order chi connectivity index (χ1) is 17.5. The molecule has 0 amide bonds. The zero-order chi connectivity index (χ0) is 27.4. The lowest BCUT2D eigenvalue weighted by molar-refractivity contribution is -0.203. The normalized spacial score (nSPS) is 42.5. The molecule has 11 atom stereocenters. The maximum Gasteiger partial charge on any atom is 0.129 e. The van der Waals surface area contributed by atoms with Gasteiger partial charge < -0.3 is 15.0 Å². The van der Waals surface area contributed by atoms with Crippen LogP contribution in [0.5, 0.6) is 0 Å². The second-order valence-corrected chi connectivity index (χ2v) is 13.1. The zero-order valence-corrected chi connectivity index (χ0v) is 24.1. The van der Waals surface area contributed by atoms with Crippen LogP contribution in [0.1, 0.15) is 106 Å². The summed E-state index contributed by atoms with van der Waals surface area (Å²) in [4.78, 5) is 11.6. The van der Waals surface area contributed by atoms with Gasteiger partial charge in [0.25, 0.3) is 0 Å². The molecule has 3 unspecified atom stereocenters. The molecule has 0 saturated heterocycles. The molecule has 0 aromatic carbocycles. The number of hydrogen-bond donors (Lipinski definition) is 2. The smallest absolute Gasteiger partial charge is 0.129 e. The van der Waals surface area contributed by atoms with Gasteiger partial charge in [-0.1, -0.05) is 40.0 Å². The molecule has 0 aromatic rings. The Bertz CT molecular complexity index is 969. The van der Waals surface area contributed by atoms with Gasteiger partial charge in [0.1, 0.15) is 5.78 Å². The fourth-order valence-electron chi connectivity index (χ4n) is 9.69.